The lowest BCUT2D eigenvalue weighted by molar-refractivity contribution is 0.0976. The minimum atomic E-state index is -0.175. The Bertz CT molecular complexity index is 1090. The summed E-state index contributed by atoms with van der Waals surface area (Å²) in [5.41, 5.74) is 3.27. The fraction of sp³-hybridized carbons (Fsp3) is 0. The van der Waals surface area contributed by atoms with Crippen molar-refractivity contribution in [2.24, 2.45) is 0 Å². The predicted molar refractivity (Wildman–Crippen MR) is 103 cm³/mol. The number of carbonyl (C=O) groups is 1. The number of aromatic nitrogens is 2. The van der Waals surface area contributed by atoms with Crippen LogP contribution in [0.25, 0.3) is 28.5 Å². The summed E-state index contributed by atoms with van der Waals surface area (Å²) in [6.45, 7) is 0. The van der Waals surface area contributed by atoms with Crippen LogP contribution in [0, 0.1) is 0 Å². The van der Waals surface area contributed by atoms with Crippen molar-refractivity contribution in [3.63, 3.8) is 0 Å². The van der Waals surface area contributed by atoms with E-state index in [4.69, 9.17) is 0 Å². The molecule has 1 N–H and O–H groups in total. The molecule has 0 fully saturated rings. The van der Waals surface area contributed by atoms with Crippen LogP contribution < -0.4 is 0 Å². The lowest BCUT2D eigenvalue weighted by Crippen LogP contribution is -2.09. The molecule has 4 heteroatoms. The molecule has 0 radical (unpaired) electrons. The summed E-state index contributed by atoms with van der Waals surface area (Å²) in [6.07, 6.45) is 3.25. The highest BCUT2D eigenvalue weighted by Crippen LogP contribution is 2.25. The molecule has 4 rings (SSSR count). The van der Waals surface area contributed by atoms with Crippen molar-refractivity contribution < 1.29 is 9.90 Å². The third-order valence-corrected chi connectivity index (χ3v) is 4.12. The molecule has 0 atom stereocenters. The van der Waals surface area contributed by atoms with E-state index < -0.39 is 0 Å². The number of para-hydroxylation sites is 2. The number of allylic oxidation sites excluding steroid dienone is 1. The Hall–Kier alpha value is -3.66. The van der Waals surface area contributed by atoms with Gasteiger partial charge in [-0.1, -0.05) is 54.6 Å². The Morgan fingerprint density at radius 2 is 1.58 bits per heavy atom. The average Bonchev–Trinajstić information content (AvgIpc) is 3.08. The molecule has 0 aliphatic heterocycles. The van der Waals surface area contributed by atoms with Crippen molar-refractivity contribution in [2.75, 3.05) is 0 Å². The first kappa shape index (κ1) is 15.8. The fourth-order valence-corrected chi connectivity index (χ4v) is 2.86. The zero-order chi connectivity index (χ0) is 17.9. The molecule has 126 valence electrons. The summed E-state index contributed by atoms with van der Waals surface area (Å²) in [4.78, 5) is 17.6. The molecule has 0 aliphatic carbocycles. The zero-order valence-electron chi connectivity index (χ0n) is 13.9. The molecule has 4 nitrogen and oxygen atoms in total. The van der Waals surface area contributed by atoms with Crippen molar-refractivity contribution in [1.82, 2.24) is 9.55 Å². The highest BCUT2D eigenvalue weighted by molar-refractivity contribution is 6.02. The second-order valence-corrected chi connectivity index (χ2v) is 5.89. The molecule has 1 aromatic heterocycles. The van der Waals surface area contributed by atoms with E-state index in [2.05, 4.69) is 4.98 Å². The fourth-order valence-electron chi connectivity index (χ4n) is 2.86. The molecule has 0 aliphatic rings. The highest BCUT2D eigenvalue weighted by atomic mass is 16.3. The summed E-state index contributed by atoms with van der Waals surface area (Å²) in [5.74, 6) is 0.637. The van der Waals surface area contributed by atoms with Gasteiger partial charge < -0.3 is 5.11 Å². The zero-order valence-corrected chi connectivity index (χ0v) is 13.9. The maximum Gasteiger partial charge on any atom is 0.256 e. The van der Waals surface area contributed by atoms with E-state index in [9.17, 15) is 9.90 Å². The van der Waals surface area contributed by atoms with Crippen LogP contribution in [0.5, 0.6) is 5.75 Å². The second kappa shape index (κ2) is 6.69. The molecule has 0 unspecified atom stereocenters. The van der Waals surface area contributed by atoms with Crippen molar-refractivity contribution in [1.29, 1.82) is 0 Å². The van der Waals surface area contributed by atoms with Gasteiger partial charge in [0.1, 0.15) is 11.6 Å². The minimum absolute atomic E-state index is 0.175. The number of rotatable bonds is 3. The van der Waals surface area contributed by atoms with Gasteiger partial charge >= 0.3 is 0 Å². The number of nitrogens with zero attached hydrogens (tertiary/aromatic N) is 2. The lowest BCUT2D eigenvalue weighted by Gasteiger charge is -2.05. The number of benzene rings is 3. The average molecular weight is 340 g/mol. The molecule has 0 bridgehead atoms. The van der Waals surface area contributed by atoms with Gasteiger partial charge in [-0.05, 0) is 35.9 Å². The van der Waals surface area contributed by atoms with Gasteiger partial charge in [0.2, 0.25) is 0 Å². The van der Waals surface area contributed by atoms with E-state index in [0.29, 0.717) is 5.82 Å². The first-order chi connectivity index (χ1) is 12.7. The summed E-state index contributed by atoms with van der Waals surface area (Å²) >= 11 is 0. The standard InChI is InChI=1S/C22H16N2O2/c25-18-13-10-16(11-14-18)12-15-21(26)24-20-9-5-4-8-19(20)23-22(24)17-6-2-1-3-7-17/h1-15,25H/b15-12+. The first-order valence-electron chi connectivity index (χ1n) is 8.27. The van der Waals surface area contributed by atoms with Gasteiger partial charge in [-0.3, -0.25) is 9.36 Å². The van der Waals surface area contributed by atoms with Crippen LogP contribution in [0.15, 0.2) is 84.9 Å². The Labute approximate surface area is 150 Å². The highest BCUT2D eigenvalue weighted by Gasteiger charge is 2.16. The van der Waals surface area contributed by atoms with Crippen molar-refractivity contribution in [3.05, 3.63) is 90.5 Å². The maximum atomic E-state index is 12.9. The Morgan fingerprint density at radius 1 is 0.885 bits per heavy atom. The third kappa shape index (κ3) is 3.00. The number of carbonyl (C=O) groups excluding carboxylic acids is 1. The van der Waals surface area contributed by atoms with E-state index in [0.717, 1.165) is 22.2 Å². The van der Waals surface area contributed by atoms with Crippen LogP contribution in [0.1, 0.15) is 10.4 Å². The Balaban J connectivity index is 1.79. The molecular formula is C22H16N2O2. The molecule has 0 spiro atoms. The molecular weight excluding hydrogens is 324 g/mol. The van der Waals surface area contributed by atoms with Crippen molar-refractivity contribution in [3.8, 4) is 17.1 Å². The molecule has 3 aromatic carbocycles. The Morgan fingerprint density at radius 3 is 2.35 bits per heavy atom. The smallest absolute Gasteiger partial charge is 0.256 e. The Kier molecular flexibility index (Phi) is 4.07. The van der Waals surface area contributed by atoms with Gasteiger partial charge in [0.05, 0.1) is 11.0 Å². The predicted octanol–water partition coefficient (Wildman–Crippen LogP) is 4.76. The van der Waals surface area contributed by atoms with Gasteiger partial charge in [-0.2, -0.15) is 0 Å². The van der Waals surface area contributed by atoms with Crippen LogP contribution >= 0.6 is 0 Å². The molecule has 4 aromatic rings. The summed E-state index contributed by atoms with van der Waals surface area (Å²) < 4.78 is 1.63. The normalized spacial score (nSPS) is 11.2. The molecule has 0 amide bonds. The number of aromatic hydroxyl groups is 1. The monoisotopic (exact) mass is 340 g/mol. The minimum Gasteiger partial charge on any atom is -0.508 e. The van der Waals surface area contributed by atoms with Crippen molar-refractivity contribution in [2.45, 2.75) is 0 Å². The van der Waals surface area contributed by atoms with E-state index in [1.807, 2.05) is 54.6 Å². The molecule has 1 heterocycles. The number of hydrogen-bond donors (Lipinski definition) is 1. The van der Waals surface area contributed by atoms with Crippen molar-refractivity contribution >= 4 is 23.0 Å². The van der Waals surface area contributed by atoms with Crippen LogP contribution in [-0.2, 0) is 0 Å². The lowest BCUT2D eigenvalue weighted by atomic mass is 10.2. The van der Waals surface area contributed by atoms with Crippen LogP contribution in [0.2, 0.25) is 0 Å². The number of phenolic OH excluding ortho intramolecular Hbond substituents is 1. The number of fused-ring (bicyclic) bond motifs is 1. The first-order valence-corrected chi connectivity index (χ1v) is 8.27. The number of hydrogen-bond acceptors (Lipinski definition) is 3. The van der Waals surface area contributed by atoms with Crippen LogP contribution in [0.4, 0.5) is 0 Å². The summed E-state index contributed by atoms with van der Waals surface area (Å²) in [5, 5.41) is 9.36. The molecule has 0 saturated carbocycles. The maximum absolute atomic E-state index is 12.9. The largest absolute Gasteiger partial charge is 0.508 e. The van der Waals surface area contributed by atoms with E-state index in [1.54, 1.807) is 34.9 Å². The molecule has 26 heavy (non-hydrogen) atoms. The second-order valence-electron chi connectivity index (χ2n) is 5.89. The number of phenols is 1. The SMILES string of the molecule is O=C(/C=C/c1ccc(O)cc1)n1c(-c2ccccc2)nc2ccccc21. The van der Waals surface area contributed by atoms with E-state index in [-0.39, 0.29) is 11.7 Å². The van der Waals surface area contributed by atoms with Gasteiger partial charge in [0.25, 0.3) is 5.91 Å². The van der Waals surface area contributed by atoms with Gasteiger partial charge in [-0.25, -0.2) is 4.98 Å². The van der Waals surface area contributed by atoms with E-state index in [1.165, 1.54) is 6.08 Å². The summed E-state index contributed by atoms with van der Waals surface area (Å²) in [7, 11) is 0. The quantitative estimate of drug-likeness (QED) is 0.547. The van der Waals surface area contributed by atoms with E-state index >= 15 is 0 Å². The topological polar surface area (TPSA) is 55.1 Å². The van der Waals surface area contributed by atoms with Gasteiger partial charge in [0.15, 0.2) is 0 Å². The van der Waals surface area contributed by atoms with Gasteiger partial charge in [0, 0.05) is 11.6 Å². The van der Waals surface area contributed by atoms with Crippen LogP contribution in [0.3, 0.4) is 0 Å². The van der Waals surface area contributed by atoms with Gasteiger partial charge in [-0.15, -0.1) is 0 Å². The number of imidazole rings is 1. The van der Waals surface area contributed by atoms with Crippen LogP contribution in [-0.4, -0.2) is 20.6 Å². The third-order valence-electron chi connectivity index (χ3n) is 4.12. The summed E-state index contributed by atoms with van der Waals surface area (Å²) in [6, 6.07) is 23.9. The molecule has 0 saturated heterocycles.